The average Bonchev–Trinajstić information content (AvgIpc) is 2.68. The fourth-order valence-corrected chi connectivity index (χ4v) is 2.96. The number of halogens is 2. The summed E-state index contributed by atoms with van der Waals surface area (Å²) in [5.41, 5.74) is 0.540. The molecule has 0 saturated carbocycles. The lowest BCUT2D eigenvalue weighted by molar-refractivity contribution is 0.191. The third-order valence-corrected chi connectivity index (χ3v) is 3.71. The zero-order valence-corrected chi connectivity index (χ0v) is 12.7. The Morgan fingerprint density at radius 3 is 2.48 bits per heavy atom. The molecule has 1 aliphatic heterocycles. The molecule has 1 aromatic carbocycles. The topological polar surface area (TPSA) is 38.7 Å². The molecular formula is C15H23F2N3O. The lowest BCUT2D eigenvalue weighted by Crippen LogP contribution is -2.38. The number of rotatable bonds is 5. The third-order valence-electron chi connectivity index (χ3n) is 3.71. The van der Waals surface area contributed by atoms with Gasteiger partial charge in [-0.15, -0.1) is 0 Å². The number of hydrogen-bond donors (Lipinski definition) is 2. The van der Waals surface area contributed by atoms with Crippen molar-refractivity contribution in [3.8, 4) is 0 Å². The summed E-state index contributed by atoms with van der Waals surface area (Å²) in [6, 6.07) is 2.62. The van der Waals surface area contributed by atoms with Crippen LogP contribution in [-0.2, 0) is 6.54 Å². The first kappa shape index (κ1) is 16.1. The highest BCUT2D eigenvalue weighted by atomic mass is 19.1. The van der Waals surface area contributed by atoms with Crippen molar-refractivity contribution >= 4 is 5.69 Å². The molecule has 0 bridgehead atoms. The Hall–Kier alpha value is -1.24. The average molecular weight is 299 g/mol. The minimum atomic E-state index is -0.571. The van der Waals surface area contributed by atoms with Crippen LogP contribution in [0.15, 0.2) is 12.1 Å². The summed E-state index contributed by atoms with van der Waals surface area (Å²) in [5, 5.41) is 12.7. The first-order valence-electron chi connectivity index (χ1n) is 7.14. The number of aliphatic hydroxyl groups is 1. The van der Waals surface area contributed by atoms with E-state index in [-0.39, 0.29) is 18.3 Å². The van der Waals surface area contributed by atoms with Crippen molar-refractivity contribution in [1.82, 2.24) is 10.2 Å². The fraction of sp³-hybridized carbons (Fsp3) is 0.600. The van der Waals surface area contributed by atoms with Crippen LogP contribution in [0.4, 0.5) is 14.5 Å². The Kier molecular flexibility index (Phi) is 5.13. The molecule has 2 unspecified atom stereocenters. The van der Waals surface area contributed by atoms with E-state index in [1.807, 2.05) is 19.0 Å². The molecule has 0 radical (unpaired) electrons. The fourth-order valence-electron chi connectivity index (χ4n) is 2.96. The Morgan fingerprint density at radius 2 is 1.95 bits per heavy atom. The molecule has 0 spiro atoms. The van der Waals surface area contributed by atoms with Crippen LogP contribution >= 0.6 is 0 Å². The van der Waals surface area contributed by atoms with Crippen molar-refractivity contribution in [2.45, 2.75) is 25.1 Å². The number of aliphatic hydroxyl groups excluding tert-OH is 1. The van der Waals surface area contributed by atoms with Gasteiger partial charge in [-0.2, -0.15) is 0 Å². The number of β-amino-alcohol motifs (C(OH)–C–C–N with tert-alkyl or cyclic N) is 1. The molecule has 1 heterocycles. The summed E-state index contributed by atoms with van der Waals surface area (Å²) in [6.07, 6.45) is -0.0271. The second-order valence-corrected chi connectivity index (χ2v) is 5.90. The second kappa shape index (κ2) is 6.68. The van der Waals surface area contributed by atoms with E-state index in [2.05, 4.69) is 5.32 Å². The summed E-state index contributed by atoms with van der Waals surface area (Å²) in [6.45, 7) is 1.32. The first-order chi connectivity index (χ1) is 9.92. The largest absolute Gasteiger partial charge is 0.391 e. The van der Waals surface area contributed by atoms with Gasteiger partial charge in [0.05, 0.1) is 6.10 Å². The zero-order valence-electron chi connectivity index (χ0n) is 12.7. The Bertz CT molecular complexity index is 473. The van der Waals surface area contributed by atoms with Crippen molar-refractivity contribution in [1.29, 1.82) is 0 Å². The third kappa shape index (κ3) is 3.70. The van der Waals surface area contributed by atoms with E-state index in [1.165, 1.54) is 12.1 Å². The van der Waals surface area contributed by atoms with E-state index >= 15 is 0 Å². The van der Waals surface area contributed by atoms with Gasteiger partial charge in [-0.05, 0) is 45.3 Å². The van der Waals surface area contributed by atoms with Crippen molar-refractivity contribution in [2.75, 3.05) is 39.1 Å². The van der Waals surface area contributed by atoms with Gasteiger partial charge >= 0.3 is 0 Å². The van der Waals surface area contributed by atoms with Crippen LogP contribution in [0, 0.1) is 11.6 Å². The van der Waals surface area contributed by atoms with Crippen molar-refractivity contribution < 1.29 is 13.9 Å². The molecule has 6 heteroatoms. The highest BCUT2D eigenvalue weighted by molar-refractivity contribution is 5.53. The minimum Gasteiger partial charge on any atom is -0.391 e. The van der Waals surface area contributed by atoms with Gasteiger partial charge in [-0.3, -0.25) is 0 Å². The van der Waals surface area contributed by atoms with Gasteiger partial charge in [0.25, 0.3) is 0 Å². The van der Waals surface area contributed by atoms with E-state index in [1.54, 1.807) is 11.9 Å². The highest BCUT2D eigenvalue weighted by Crippen LogP contribution is 2.31. The van der Waals surface area contributed by atoms with Gasteiger partial charge in [0, 0.05) is 25.7 Å². The van der Waals surface area contributed by atoms with Crippen LogP contribution in [0.5, 0.6) is 0 Å². The number of likely N-dealkylation sites (N-methyl/N-ethyl adjacent to an activating group) is 1. The molecule has 1 aromatic rings. The summed E-state index contributed by atoms with van der Waals surface area (Å²) < 4.78 is 28.6. The van der Waals surface area contributed by atoms with Gasteiger partial charge in [0.15, 0.2) is 0 Å². The molecule has 0 amide bonds. The van der Waals surface area contributed by atoms with Crippen LogP contribution in [-0.4, -0.2) is 56.4 Å². The lowest BCUT2D eigenvalue weighted by atomic mass is 10.1. The maximum absolute atomic E-state index is 14.3. The normalized spacial score (nSPS) is 22.3. The maximum Gasteiger partial charge on any atom is 0.149 e. The van der Waals surface area contributed by atoms with E-state index in [0.717, 1.165) is 0 Å². The predicted molar refractivity (Wildman–Crippen MR) is 79.4 cm³/mol. The highest BCUT2D eigenvalue weighted by Gasteiger charge is 2.34. The van der Waals surface area contributed by atoms with Gasteiger partial charge < -0.3 is 20.2 Å². The second-order valence-electron chi connectivity index (χ2n) is 5.90. The van der Waals surface area contributed by atoms with Crippen molar-refractivity contribution in [2.24, 2.45) is 0 Å². The quantitative estimate of drug-likeness (QED) is 0.856. The van der Waals surface area contributed by atoms with Crippen LogP contribution in [0.3, 0.4) is 0 Å². The van der Waals surface area contributed by atoms with Crippen molar-refractivity contribution in [3.05, 3.63) is 29.3 Å². The molecule has 4 nitrogen and oxygen atoms in total. The molecule has 0 aromatic heterocycles. The molecule has 1 aliphatic rings. The van der Waals surface area contributed by atoms with Gasteiger partial charge in [0.2, 0.25) is 0 Å². The summed E-state index contributed by atoms with van der Waals surface area (Å²) in [7, 11) is 5.55. The number of anilines is 1. The molecular weight excluding hydrogens is 276 g/mol. The van der Waals surface area contributed by atoms with Gasteiger partial charge in [-0.1, -0.05) is 0 Å². The summed E-state index contributed by atoms with van der Waals surface area (Å²) in [5.74, 6) is -1.14. The van der Waals surface area contributed by atoms with E-state index in [0.29, 0.717) is 25.1 Å². The Morgan fingerprint density at radius 1 is 1.33 bits per heavy atom. The lowest BCUT2D eigenvalue weighted by Gasteiger charge is -2.29. The minimum absolute atomic E-state index is 0.0294. The first-order valence-corrected chi connectivity index (χ1v) is 7.14. The Labute approximate surface area is 124 Å². The summed E-state index contributed by atoms with van der Waals surface area (Å²) >= 11 is 0. The number of nitrogens with zero attached hydrogens (tertiary/aromatic N) is 2. The number of nitrogens with one attached hydrogen (secondary N) is 1. The molecule has 1 saturated heterocycles. The van der Waals surface area contributed by atoms with Crippen LogP contribution in [0.1, 0.15) is 12.0 Å². The molecule has 2 atom stereocenters. The van der Waals surface area contributed by atoms with Gasteiger partial charge in [-0.25, -0.2) is 8.78 Å². The molecule has 0 aliphatic carbocycles. The van der Waals surface area contributed by atoms with Crippen LogP contribution in [0.25, 0.3) is 0 Å². The van der Waals surface area contributed by atoms with E-state index in [9.17, 15) is 13.9 Å². The molecule has 118 valence electrons. The predicted octanol–water partition coefficient (Wildman–Crippen LogP) is 1.19. The SMILES string of the molecule is CNCc1cc(F)c(N2CC(O)CC2CN(C)C)c(F)c1. The molecule has 21 heavy (non-hydrogen) atoms. The number of hydrogen-bond acceptors (Lipinski definition) is 4. The number of benzene rings is 1. The van der Waals surface area contributed by atoms with Crippen LogP contribution in [0.2, 0.25) is 0 Å². The molecule has 2 N–H and O–H groups in total. The zero-order chi connectivity index (χ0) is 15.6. The van der Waals surface area contributed by atoms with Crippen LogP contribution < -0.4 is 10.2 Å². The van der Waals surface area contributed by atoms with Crippen molar-refractivity contribution in [3.63, 3.8) is 0 Å². The maximum atomic E-state index is 14.3. The van der Waals surface area contributed by atoms with E-state index < -0.39 is 17.7 Å². The van der Waals surface area contributed by atoms with E-state index in [4.69, 9.17) is 0 Å². The standard InChI is InChI=1S/C15H23F2N3O/c1-18-7-10-4-13(16)15(14(17)5-10)20-9-12(21)6-11(20)8-19(2)3/h4-5,11-12,18,21H,6-9H2,1-3H3. The smallest absolute Gasteiger partial charge is 0.149 e. The summed E-state index contributed by atoms with van der Waals surface area (Å²) in [4.78, 5) is 3.61. The Balaban J connectivity index is 2.31. The molecule has 1 fully saturated rings. The molecule has 2 rings (SSSR count). The monoisotopic (exact) mass is 299 g/mol. The van der Waals surface area contributed by atoms with Gasteiger partial charge in [0.1, 0.15) is 17.3 Å².